The van der Waals surface area contributed by atoms with E-state index in [1.807, 2.05) is 38.1 Å². The van der Waals surface area contributed by atoms with Gasteiger partial charge in [-0.1, -0.05) is 13.8 Å². The summed E-state index contributed by atoms with van der Waals surface area (Å²) < 4.78 is 25.8. The first-order valence-electron chi connectivity index (χ1n) is 9.47. The second kappa shape index (κ2) is 9.26. The fraction of sp³-hybridized carbons (Fsp3) is 0.632. The van der Waals surface area contributed by atoms with Crippen LogP contribution in [0.5, 0.6) is 0 Å². The van der Waals surface area contributed by atoms with Gasteiger partial charge in [-0.2, -0.15) is 0 Å². The Bertz CT molecular complexity index is 678. The lowest BCUT2D eigenvalue weighted by Crippen LogP contribution is -2.39. The summed E-state index contributed by atoms with van der Waals surface area (Å²) in [6, 6.07) is 7.64. The molecule has 1 aliphatic heterocycles. The van der Waals surface area contributed by atoms with E-state index in [1.165, 1.54) is 23.4 Å². The van der Waals surface area contributed by atoms with E-state index < -0.39 is 10.0 Å². The molecule has 0 spiro atoms. The molecule has 1 aromatic rings. The minimum atomic E-state index is -3.41. The summed E-state index contributed by atoms with van der Waals surface area (Å²) in [5, 5.41) is 2.86. The van der Waals surface area contributed by atoms with Crippen LogP contribution in [0.25, 0.3) is 0 Å². The van der Waals surface area contributed by atoms with Crippen LogP contribution < -0.4 is 14.5 Å². The lowest BCUT2D eigenvalue weighted by atomic mass is 10.0. The van der Waals surface area contributed by atoms with Gasteiger partial charge >= 0.3 is 0 Å². The first-order valence-corrected chi connectivity index (χ1v) is 11.3. The van der Waals surface area contributed by atoms with Gasteiger partial charge in [0.15, 0.2) is 0 Å². The molecule has 2 rings (SSSR count). The van der Waals surface area contributed by atoms with Gasteiger partial charge in [-0.05, 0) is 49.9 Å². The summed E-state index contributed by atoms with van der Waals surface area (Å²) in [4.78, 5) is 14.4. The monoisotopic (exact) mass is 381 g/mol. The molecule has 1 N–H and O–H groups in total. The Kier molecular flexibility index (Phi) is 7.32. The van der Waals surface area contributed by atoms with Crippen LogP contribution in [0.2, 0.25) is 0 Å². The van der Waals surface area contributed by atoms with E-state index in [0.717, 1.165) is 31.6 Å². The maximum absolute atomic E-state index is 12.2. The Morgan fingerprint density at radius 2 is 1.73 bits per heavy atom. The van der Waals surface area contributed by atoms with Crippen molar-refractivity contribution in [3.63, 3.8) is 0 Å². The molecule has 1 amide bonds. The van der Waals surface area contributed by atoms with Gasteiger partial charge in [0.1, 0.15) is 0 Å². The zero-order valence-corrected chi connectivity index (χ0v) is 16.9. The van der Waals surface area contributed by atoms with Crippen LogP contribution in [0, 0.1) is 5.92 Å². The average Bonchev–Trinajstić information content (AvgIpc) is 3.13. The molecule has 0 aromatic heterocycles. The van der Waals surface area contributed by atoms with Crippen molar-refractivity contribution >= 4 is 27.3 Å². The number of amides is 1. The van der Waals surface area contributed by atoms with Crippen LogP contribution in [0.15, 0.2) is 24.3 Å². The molecule has 7 heteroatoms. The van der Waals surface area contributed by atoms with Crippen molar-refractivity contribution in [2.75, 3.05) is 41.6 Å². The van der Waals surface area contributed by atoms with E-state index in [0.29, 0.717) is 12.2 Å². The minimum absolute atomic E-state index is 0.00664. The molecule has 1 aromatic carbocycles. The number of nitrogens with zero attached hydrogens (tertiary/aromatic N) is 2. The number of nitrogens with one attached hydrogen (secondary N) is 1. The van der Waals surface area contributed by atoms with Gasteiger partial charge in [0.05, 0.1) is 18.5 Å². The van der Waals surface area contributed by atoms with Crippen LogP contribution >= 0.6 is 0 Å². The van der Waals surface area contributed by atoms with Crippen molar-refractivity contribution in [1.29, 1.82) is 0 Å². The molecule has 6 nitrogen and oxygen atoms in total. The van der Waals surface area contributed by atoms with Crippen molar-refractivity contribution in [2.24, 2.45) is 5.92 Å². The Labute approximate surface area is 157 Å². The van der Waals surface area contributed by atoms with Crippen LogP contribution in [0.4, 0.5) is 11.4 Å². The number of hydrogen-bond donors (Lipinski definition) is 1. The Morgan fingerprint density at radius 3 is 2.23 bits per heavy atom. The number of carbonyl (C=O) groups excluding carboxylic acids is 1. The highest BCUT2D eigenvalue weighted by Crippen LogP contribution is 2.25. The molecule has 1 heterocycles. The molecule has 1 saturated heterocycles. The molecule has 0 bridgehead atoms. The summed E-state index contributed by atoms with van der Waals surface area (Å²) in [6.07, 6.45) is 5.18. The van der Waals surface area contributed by atoms with E-state index in [-0.39, 0.29) is 18.4 Å². The van der Waals surface area contributed by atoms with Gasteiger partial charge in [-0.25, -0.2) is 8.42 Å². The molecule has 26 heavy (non-hydrogen) atoms. The number of carbonyl (C=O) groups is 1. The zero-order valence-electron chi connectivity index (χ0n) is 16.1. The first-order chi connectivity index (χ1) is 12.4. The molecule has 0 saturated carbocycles. The first kappa shape index (κ1) is 20.6. The molecule has 1 aliphatic rings. The molecule has 0 radical (unpaired) electrons. The van der Waals surface area contributed by atoms with Gasteiger partial charge in [0.25, 0.3) is 0 Å². The van der Waals surface area contributed by atoms with Crippen LogP contribution in [-0.2, 0) is 14.8 Å². The Hall–Kier alpha value is -1.76. The maximum Gasteiger partial charge on any atom is 0.232 e. The zero-order chi connectivity index (χ0) is 19.2. The number of sulfonamides is 1. The van der Waals surface area contributed by atoms with E-state index in [4.69, 9.17) is 0 Å². The quantitative estimate of drug-likeness (QED) is 0.714. The summed E-state index contributed by atoms with van der Waals surface area (Å²) in [5.74, 6) is -0.0192. The highest BCUT2D eigenvalue weighted by Gasteiger charge is 2.20. The molecular weight excluding hydrogens is 350 g/mol. The van der Waals surface area contributed by atoms with Crippen molar-refractivity contribution < 1.29 is 13.2 Å². The fourth-order valence-electron chi connectivity index (χ4n) is 3.38. The second-order valence-corrected chi connectivity index (χ2v) is 8.76. The van der Waals surface area contributed by atoms with Gasteiger partial charge in [0.2, 0.25) is 15.9 Å². The lowest BCUT2D eigenvalue weighted by molar-refractivity contribution is -0.125. The predicted octanol–water partition coefficient (Wildman–Crippen LogP) is 2.61. The number of anilines is 2. The van der Waals surface area contributed by atoms with Crippen LogP contribution in [0.3, 0.4) is 0 Å². The average molecular weight is 382 g/mol. The van der Waals surface area contributed by atoms with E-state index in [1.54, 1.807) is 0 Å². The third kappa shape index (κ3) is 5.37. The Morgan fingerprint density at radius 1 is 1.15 bits per heavy atom. The molecule has 1 fully saturated rings. The molecular formula is C19H31N3O3S. The molecule has 146 valence electrons. The predicted molar refractivity (Wildman–Crippen MR) is 107 cm³/mol. The van der Waals surface area contributed by atoms with Gasteiger partial charge < -0.3 is 10.2 Å². The van der Waals surface area contributed by atoms with E-state index in [2.05, 4.69) is 10.2 Å². The molecule has 0 atom stereocenters. The normalized spacial score (nSPS) is 14.7. The lowest BCUT2D eigenvalue weighted by Gasteiger charge is -2.24. The number of benzene rings is 1. The van der Waals surface area contributed by atoms with Crippen molar-refractivity contribution in [2.45, 2.75) is 39.5 Å². The van der Waals surface area contributed by atoms with Crippen molar-refractivity contribution in [3.05, 3.63) is 24.3 Å². The molecule has 0 unspecified atom stereocenters. The largest absolute Gasteiger partial charge is 0.372 e. The third-order valence-electron chi connectivity index (χ3n) is 4.98. The Balaban J connectivity index is 2.02. The summed E-state index contributed by atoms with van der Waals surface area (Å²) in [7, 11) is -3.41. The SMILES string of the molecule is CCC(CC)C(=O)NCCN(c1ccc(N2CCCC2)cc1)S(C)(=O)=O. The second-order valence-electron chi connectivity index (χ2n) is 6.85. The third-order valence-corrected chi connectivity index (χ3v) is 6.17. The van der Waals surface area contributed by atoms with Crippen LogP contribution in [0.1, 0.15) is 39.5 Å². The van der Waals surface area contributed by atoms with Gasteiger partial charge in [-0.15, -0.1) is 0 Å². The van der Waals surface area contributed by atoms with Gasteiger partial charge in [-0.3, -0.25) is 9.10 Å². The summed E-state index contributed by atoms with van der Waals surface area (Å²) in [6.45, 7) is 6.61. The molecule has 0 aliphatic carbocycles. The number of rotatable bonds is 9. The standard InChI is InChI=1S/C19H31N3O3S/c1-4-16(5-2)19(23)20-12-15-22(26(3,24)25)18-10-8-17(9-11-18)21-13-6-7-14-21/h8-11,16H,4-7,12-15H2,1-3H3,(H,20,23). The maximum atomic E-state index is 12.2. The summed E-state index contributed by atoms with van der Waals surface area (Å²) in [5.41, 5.74) is 1.76. The van der Waals surface area contributed by atoms with Crippen molar-refractivity contribution in [1.82, 2.24) is 5.32 Å². The number of hydrogen-bond acceptors (Lipinski definition) is 4. The van der Waals surface area contributed by atoms with E-state index >= 15 is 0 Å². The summed E-state index contributed by atoms with van der Waals surface area (Å²) >= 11 is 0. The van der Waals surface area contributed by atoms with Crippen LogP contribution in [-0.4, -0.2) is 46.8 Å². The smallest absolute Gasteiger partial charge is 0.232 e. The highest BCUT2D eigenvalue weighted by molar-refractivity contribution is 7.92. The van der Waals surface area contributed by atoms with Crippen molar-refractivity contribution in [3.8, 4) is 0 Å². The van der Waals surface area contributed by atoms with E-state index in [9.17, 15) is 13.2 Å². The van der Waals surface area contributed by atoms with Gasteiger partial charge in [0, 0.05) is 31.2 Å². The topological polar surface area (TPSA) is 69.7 Å². The minimum Gasteiger partial charge on any atom is -0.372 e. The highest BCUT2D eigenvalue weighted by atomic mass is 32.2. The fourth-order valence-corrected chi connectivity index (χ4v) is 4.30.